The first kappa shape index (κ1) is 11.1. The molecule has 1 aromatic rings. The minimum atomic E-state index is -1.29. The Morgan fingerprint density at radius 2 is 1.86 bits per heavy atom. The minimum absolute atomic E-state index is 0.346. The normalized spacial score (nSPS) is 15.2. The van der Waals surface area contributed by atoms with Crippen LogP contribution in [0.2, 0.25) is 0 Å². The summed E-state index contributed by atoms with van der Waals surface area (Å²) in [7, 11) is 0. The lowest BCUT2D eigenvalue weighted by atomic mass is 10.00. The van der Waals surface area contributed by atoms with Crippen LogP contribution in [0, 0.1) is 11.6 Å². The Balaban J connectivity index is 3.05. The van der Waals surface area contributed by atoms with Crippen molar-refractivity contribution in [2.75, 3.05) is 0 Å². The topological polar surface area (TPSA) is 46.2 Å². The van der Waals surface area contributed by atoms with Crippen LogP contribution >= 0.6 is 0 Å². The molecule has 2 atom stereocenters. The lowest BCUT2D eigenvalue weighted by Gasteiger charge is -2.18. The molecule has 78 valence electrons. The van der Waals surface area contributed by atoms with Crippen LogP contribution < -0.4 is 5.73 Å². The molecule has 0 bridgehead atoms. The average Bonchev–Trinajstić information content (AvgIpc) is 2.16. The van der Waals surface area contributed by atoms with Crippen molar-refractivity contribution in [2.24, 2.45) is 5.73 Å². The smallest absolute Gasteiger partial charge is 0.132 e. The SMILES string of the molecule is CC[C@@H](N)[C@@H](O)c1c(F)cccc1F. The molecule has 1 rings (SSSR count). The highest BCUT2D eigenvalue weighted by atomic mass is 19.1. The van der Waals surface area contributed by atoms with Gasteiger partial charge in [-0.25, -0.2) is 8.78 Å². The Hall–Kier alpha value is -1.00. The summed E-state index contributed by atoms with van der Waals surface area (Å²) >= 11 is 0. The summed E-state index contributed by atoms with van der Waals surface area (Å²) in [6.07, 6.45) is -0.837. The molecule has 0 aromatic heterocycles. The number of rotatable bonds is 3. The first-order valence-electron chi connectivity index (χ1n) is 4.45. The summed E-state index contributed by atoms with van der Waals surface area (Å²) in [4.78, 5) is 0. The van der Waals surface area contributed by atoms with E-state index in [0.717, 1.165) is 12.1 Å². The highest BCUT2D eigenvalue weighted by Gasteiger charge is 2.22. The Morgan fingerprint density at radius 1 is 1.36 bits per heavy atom. The third-order valence-corrected chi connectivity index (χ3v) is 2.17. The molecule has 0 spiro atoms. The summed E-state index contributed by atoms with van der Waals surface area (Å²) in [5.74, 6) is -1.53. The van der Waals surface area contributed by atoms with Crippen LogP contribution in [-0.2, 0) is 0 Å². The van der Waals surface area contributed by atoms with E-state index in [0.29, 0.717) is 6.42 Å². The fourth-order valence-electron chi connectivity index (χ4n) is 1.23. The van der Waals surface area contributed by atoms with Crippen molar-refractivity contribution in [1.29, 1.82) is 0 Å². The lowest BCUT2D eigenvalue weighted by molar-refractivity contribution is 0.135. The molecule has 0 aliphatic rings. The number of aliphatic hydroxyl groups excluding tert-OH is 1. The van der Waals surface area contributed by atoms with Gasteiger partial charge in [0, 0.05) is 6.04 Å². The second kappa shape index (κ2) is 4.48. The molecule has 1 aromatic carbocycles. The van der Waals surface area contributed by atoms with Crippen LogP contribution in [0.1, 0.15) is 25.0 Å². The van der Waals surface area contributed by atoms with Gasteiger partial charge in [0.2, 0.25) is 0 Å². The standard InChI is InChI=1S/C10H13F2NO/c1-2-8(13)10(14)9-6(11)4-3-5-7(9)12/h3-5,8,10,14H,2,13H2,1H3/t8-,10-/m1/s1. The predicted octanol–water partition coefficient (Wildman–Crippen LogP) is 1.74. The molecule has 0 heterocycles. The largest absolute Gasteiger partial charge is 0.387 e. The zero-order valence-corrected chi connectivity index (χ0v) is 7.87. The van der Waals surface area contributed by atoms with Crippen LogP contribution in [-0.4, -0.2) is 11.1 Å². The summed E-state index contributed by atoms with van der Waals surface area (Å²) < 4.78 is 26.3. The van der Waals surface area contributed by atoms with Gasteiger partial charge in [-0.1, -0.05) is 13.0 Å². The van der Waals surface area contributed by atoms with Crippen LogP contribution in [0.4, 0.5) is 8.78 Å². The van der Waals surface area contributed by atoms with E-state index >= 15 is 0 Å². The van der Waals surface area contributed by atoms with E-state index in [9.17, 15) is 13.9 Å². The molecule has 14 heavy (non-hydrogen) atoms. The molecule has 0 radical (unpaired) electrons. The molecule has 0 aliphatic heterocycles. The van der Waals surface area contributed by atoms with Gasteiger partial charge in [-0.2, -0.15) is 0 Å². The average molecular weight is 201 g/mol. The van der Waals surface area contributed by atoms with Crippen molar-refractivity contribution < 1.29 is 13.9 Å². The van der Waals surface area contributed by atoms with Gasteiger partial charge in [0.05, 0.1) is 11.7 Å². The molecule has 4 heteroatoms. The molecular formula is C10H13F2NO. The molecule has 2 nitrogen and oxygen atoms in total. The molecule has 0 unspecified atom stereocenters. The third kappa shape index (κ3) is 2.08. The van der Waals surface area contributed by atoms with Crippen molar-refractivity contribution in [2.45, 2.75) is 25.5 Å². The Labute approximate surface area is 81.4 Å². The van der Waals surface area contributed by atoms with E-state index in [1.165, 1.54) is 6.07 Å². The van der Waals surface area contributed by atoms with Gasteiger partial charge < -0.3 is 10.8 Å². The third-order valence-electron chi connectivity index (χ3n) is 2.17. The van der Waals surface area contributed by atoms with E-state index in [2.05, 4.69) is 0 Å². The molecule has 0 saturated carbocycles. The first-order valence-corrected chi connectivity index (χ1v) is 4.45. The fraction of sp³-hybridized carbons (Fsp3) is 0.400. The molecule has 0 saturated heterocycles. The second-order valence-corrected chi connectivity index (χ2v) is 3.15. The zero-order valence-electron chi connectivity index (χ0n) is 7.87. The van der Waals surface area contributed by atoms with Gasteiger partial charge >= 0.3 is 0 Å². The Bertz CT molecular complexity index is 297. The second-order valence-electron chi connectivity index (χ2n) is 3.15. The number of hydrogen-bond acceptors (Lipinski definition) is 2. The van der Waals surface area contributed by atoms with Crippen LogP contribution in [0.3, 0.4) is 0 Å². The number of aliphatic hydroxyl groups is 1. The number of halogens is 2. The maximum Gasteiger partial charge on any atom is 0.132 e. The van der Waals surface area contributed by atoms with Gasteiger partial charge in [-0.3, -0.25) is 0 Å². The minimum Gasteiger partial charge on any atom is -0.387 e. The van der Waals surface area contributed by atoms with Crippen molar-refractivity contribution >= 4 is 0 Å². The summed E-state index contributed by atoms with van der Waals surface area (Å²) in [5, 5.41) is 9.55. The molecule has 0 fully saturated rings. The van der Waals surface area contributed by atoms with Gasteiger partial charge in [0.15, 0.2) is 0 Å². The van der Waals surface area contributed by atoms with Gasteiger partial charge in [0.25, 0.3) is 0 Å². The predicted molar refractivity (Wildman–Crippen MR) is 49.6 cm³/mol. The van der Waals surface area contributed by atoms with Crippen molar-refractivity contribution in [3.63, 3.8) is 0 Å². The van der Waals surface area contributed by atoms with E-state index < -0.39 is 23.8 Å². The van der Waals surface area contributed by atoms with Crippen LogP contribution in [0.5, 0.6) is 0 Å². The maximum absolute atomic E-state index is 13.1. The van der Waals surface area contributed by atoms with Crippen molar-refractivity contribution in [3.05, 3.63) is 35.4 Å². The van der Waals surface area contributed by atoms with E-state index in [1.54, 1.807) is 6.92 Å². The number of hydrogen-bond donors (Lipinski definition) is 2. The maximum atomic E-state index is 13.1. The van der Waals surface area contributed by atoms with Crippen molar-refractivity contribution in [1.82, 2.24) is 0 Å². The summed E-state index contributed by atoms with van der Waals surface area (Å²) in [6, 6.07) is 2.80. The van der Waals surface area contributed by atoms with Crippen molar-refractivity contribution in [3.8, 4) is 0 Å². The van der Waals surface area contributed by atoms with Gasteiger partial charge in [-0.15, -0.1) is 0 Å². The van der Waals surface area contributed by atoms with E-state index in [1.807, 2.05) is 0 Å². The fourth-order valence-corrected chi connectivity index (χ4v) is 1.23. The molecule has 0 amide bonds. The monoisotopic (exact) mass is 201 g/mol. The first-order chi connectivity index (χ1) is 6.57. The molecule has 0 aliphatic carbocycles. The number of nitrogens with two attached hydrogens (primary N) is 1. The highest BCUT2D eigenvalue weighted by molar-refractivity contribution is 5.23. The van der Waals surface area contributed by atoms with Gasteiger partial charge in [0.1, 0.15) is 11.6 Å². The lowest BCUT2D eigenvalue weighted by Crippen LogP contribution is -2.28. The molecule has 3 N–H and O–H groups in total. The van der Waals surface area contributed by atoms with E-state index in [4.69, 9.17) is 5.73 Å². The Morgan fingerprint density at radius 3 is 2.29 bits per heavy atom. The summed E-state index contributed by atoms with van der Waals surface area (Å²) in [6.45, 7) is 1.74. The Kier molecular flexibility index (Phi) is 3.55. The quantitative estimate of drug-likeness (QED) is 0.782. The zero-order chi connectivity index (χ0) is 10.7. The van der Waals surface area contributed by atoms with Crippen LogP contribution in [0.25, 0.3) is 0 Å². The highest BCUT2D eigenvalue weighted by Crippen LogP contribution is 2.23. The number of benzene rings is 1. The van der Waals surface area contributed by atoms with Gasteiger partial charge in [-0.05, 0) is 18.6 Å². The molecular weight excluding hydrogens is 188 g/mol. The summed E-state index contributed by atoms with van der Waals surface area (Å²) in [5.41, 5.74) is 5.16. The van der Waals surface area contributed by atoms with E-state index in [-0.39, 0.29) is 5.56 Å². The van der Waals surface area contributed by atoms with Crippen LogP contribution in [0.15, 0.2) is 18.2 Å².